The van der Waals surface area contributed by atoms with E-state index >= 15 is 0 Å². The zero-order valence-electron chi connectivity index (χ0n) is 9.02. The average Bonchev–Trinajstić information content (AvgIpc) is 2.83. The highest BCUT2D eigenvalue weighted by molar-refractivity contribution is 9.10. The van der Waals surface area contributed by atoms with Crippen molar-refractivity contribution in [1.29, 1.82) is 0 Å². The summed E-state index contributed by atoms with van der Waals surface area (Å²) >= 11 is 4.94. The second-order valence-electron chi connectivity index (χ2n) is 3.44. The van der Waals surface area contributed by atoms with Crippen molar-refractivity contribution in [3.8, 4) is 0 Å². The molecule has 2 rings (SSSR count). The van der Waals surface area contributed by atoms with Crippen LogP contribution < -0.4 is 5.32 Å². The first-order chi connectivity index (χ1) is 8.25. The summed E-state index contributed by atoms with van der Waals surface area (Å²) in [5.41, 5.74) is 0.673. The summed E-state index contributed by atoms with van der Waals surface area (Å²) in [4.78, 5) is 15.9. The van der Waals surface area contributed by atoms with Gasteiger partial charge >= 0.3 is 0 Å². The Hall–Kier alpha value is -1.20. The van der Waals surface area contributed by atoms with Gasteiger partial charge in [-0.15, -0.1) is 11.3 Å². The lowest BCUT2D eigenvalue weighted by atomic mass is 10.2. The topological polar surface area (TPSA) is 42.0 Å². The Morgan fingerprint density at radius 2 is 2.12 bits per heavy atom. The van der Waals surface area contributed by atoms with Crippen LogP contribution in [0.3, 0.4) is 0 Å². The Morgan fingerprint density at radius 3 is 2.76 bits per heavy atom. The van der Waals surface area contributed by atoms with E-state index in [0.717, 1.165) is 15.9 Å². The second kappa shape index (κ2) is 5.93. The number of hydrogen-bond donors (Lipinski definition) is 1. The highest BCUT2D eigenvalue weighted by Crippen LogP contribution is 2.10. The van der Waals surface area contributed by atoms with Gasteiger partial charge in [0.05, 0.1) is 5.01 Å². The van der Waals surface area contributed by atoms with Gasteiger partial charge in [0.2, 0.25) is 0 Å². The van der Waals surface area contributed by atoms with E-state index < -0.39 is 0 Å². The fraction of sp³-hybridized carbons (Fsp3) is 0.167. The third-order valence-corrected chi connectivity index (χ3v) is 3.58. The molecule has 1 aromatic carbocycles. The third-order valence-electron chi connectivity index (χ3n) is 2.21. The SMILES string of the molecule is O=C(NCCc1nccs1)c1ccc(Br)cc1. The molecule has 0 aliphatic rings. The van der Waals surface area contributed by atoms with Gasteiger partial charge in [-0.05, 0) is 24.3 Å². The summed E-state index contributed by atoms with van der Waals surface area (Å²) < 4.78 is 0.969. The minimum absolute atomic E-state index is 0.0472. The maximum absolute atomic E-state index is 11.7. The van der Waals surface area contributed by atoms with Gasteiger partial charge < -0.3 is 5.32 Å². The highest BCUT2D eigenvalue weighted by Gasteiger charge is 2.04. The molecule has 0 radical (unpaired) electrons. The van der Waals surface area contributed by atoms with Crippen molar-refractivity contribution in [2.75, 3.05) is 6.54 Å². The van der Waals surface area contributed by atoms with E-state index in [2.05, 4.69) is 26.2 Å². The minimum atomic E-state index is -0.0472. The summed E-state index contributed by atoms with van der Waals surface area (Å²) in [6.45, 7) is 0.614. The van der Waals surface area contributed by atoms with E-state index in [9.17, 15) is 4.79 Å². The molecular weight excluding hydrogens is 300 g/mol. The van der Waals surface area contributed by atoms with Crippen molar-refractivity contribution < 1.29 is 4.79 Å². The first-order valence-corrected chi connectivity index (χ1v) is 6.85. The van der Waals surface area contributed by atoms with E-state index in [1.807, 2.05) is 17.5 Å². The molecule has 3 nitrogen and oxygen atoms in total. The predicted octanol–water partition coefficient (Wildman–Crippen LogP) is 2.88. The molecular formula is C12H11BrN2OS. The van der Waals surface area contributed by atoms with Crippen LogP contribution in [0.2, 0.25) is 0 Å². The van der Waals surface area contributed by atoms with Crippen molar-refractivity contribution in [3.05, 3.63) is 50.9 Å². The Bertz CT molecular complexity index is 482. The van der Waals surface area contributed by atoms with E-state index in [0.29, 0.717) is 12.1 Å². The fourth-order valence-electron chi connectivity index (χ4n) is 1.36. The number of thiazole rings is 1. The Morgan fingerprint density at radius 1 is 1.35 bits per heavy atom. The molecule has 17 heavy (non-hydrogen) atoms. The molecule has 5 heteroatoms. The molecule has 1 N–H and O–H groups in total. The monoisotopic (exact) mass is 310 g/mol. The smallest absolute Gasteiger partial charge is 0.251 e. The summed E-state index contributed by atoms with van der Waals surface area (Å²) in [5, 5.41) is 5.85. The first kappa shape index (κ1) is 12.3. The number of amides is 1. The Labute approximate surface area is 112 Å². The number of rotatable bonds is 4. The van der Waals surface area contributed by atoms with E-state index in [-0.39, 0.29) is 5.91 Å². The van der Waals surface area contributed by atoms with Crippen molar-refractivity contribution in [2.45, 2.75) is 6.42 Å². The van der Waals surface area contributed by atoms with Crippen molar-refractivity contribution in [3.63, 3.8) is 0 Å². The minimum Gasteiger partial charge on any atom is -0.352 e. The number of halogens is 1. The van der Waals surface area contributed by atoms with Gasteiger partial charge in [-0.1, -0.05) is 15.9 Å². The highest BCUT2D eigenvalue weighted by atomic mass is 79.9. The van der Waals surface area contributed by atoms with Gasteiger partial charge in [0.15, 0.2) is 0 Å². The summed E-state index contributed by atoms with van der Waals surface area (Å²) in [6.07, 6.45) is 2.55. The number of carbonyl (C=O) groups is 1. The van der Waals surface area contributed by atoms with Gasteiger partial charge in [-0.2, -0.15) is 0 Å². The molecule has 0 aliphatic heterocycles. The van der Waals surface area contributed by atoms with Crippen LogP contribution in [-0.4, -0.2) is 17.4 Å². The lowest BCUT2D eigenvalue weighted by Crippen LogP contribution is -2.25. The van der Waals surface area contributed by atoms with Crippen LogP contribution in [0.25, 0.3) is 0 Å². The maximum Gasteiger partial charge on any atom is 0.251 e. The van der Waals surface area contributed by atoms with Crippen LogP contribution in [0.1, 0.15) is 15.4 Å². The lowest BCUT2D eigenvalue weighted by Gasteiger charge is -2.03. The number of benzene rings is 1. The summed E-state index contributed by atoms with van der Waals surface area (Å²) in [5.74, 6) is -0.0472. The molecule has 0 fully saturated rings. The molecule has 88 valence electrons. The molecule has 0 spiro atoms. The largest absolute Gasteiger partial charge is 0.352 e. The van der Waals surface area contributed by atoms with Gasteiger partial charge in [0, 0.05) is 34.6 Å². The molecule has 2 aromatic rings. The zero-order chi connectivity index (χ0) is 12.1. The normalized spacial score (nSPS) is 10.2. The fourth-order valence-corrected chi connectivity index (χ4v) is 2.25. The molecule has 0 saturated heterocycles. The van der Waals surface area contributed by atoms with Crippen LogP contribution >= 0.6 is 27.3 Å². The van der Waals surface area contributed by atoms with Gasteiger partial charge in [-0.3, -0.25) is 4.79 Å². The van der Waals surface area contributed by atoms with Crippen LogP contribution in [-0.2, 0) is 6.42 Å². The van der Waals surface area contributed by atoms with Gasteiger partial charge in [0.25, 0.3) is 5.91 Å². The van der Waals surface area contributed by atoms with E-state index in [1.165, 1.54) is 0 Å². The zero-order valence-corrected chi connectivity index (χ0v) is 11.4. The third kappa shape index (κ3) is 3.64. The van der Waals surface area contributed by atoms with Gasteiger partial charge in [-0.25, -0.2) is 4.98 Å². The number of hydrogen-bond acceptors (Lipinski definition) is 3. The van der Waals surface area contributed by atoms with E-state index in [4.69, 9.17) is 0 Å². The Kier molecular flexibility index (Phi) is 4.28. The van der Waals surface area contributed by atoms with Crippen LogP contribution in [0, 0.1) is 0 Å². The number of aromatic nitrogens is 1. The molecule has 0 unspecified atom stereocenters. The number of carbonyl (C=O) groups excluding carboxylic acids is 1. The van der Waals surface area contributed by atoms with Gasteiger partial charge in [0.1, 0.15) is 0 Å². The van der Waals surface area contributed by atoms with Crippen molar-refractivity contribution in [2.24, 2.45) is 0 Å². The molecule has 1 aromatic heterocycles. The lowest BCUT2D eigenvalue weighted by molar-refractivity contribution is 0.0954. The van der Waals surface area contributed by atoms with Crippen molar-refractivity contribution in [1.82, 2.24) is 10.3 Å². The molecule has 1 amide bonds. The Balaban J connectivity index is 1.83. The van der Waals surface area contributed by atoms with Crippen LogP contribution in [0.15, 0.2) is 40.3 Å². The van der Waals surface area contributed by atoms with Crippen LogP contribution in [0.5, 0.6) is 0 Å². The molecule has 1 heterocycles. The maximum atomic E-state index is 11.7. The number of nitrogens with zero attached hydrogens (tertiary/aromatic N) is 1. The first-order valence-electron chi connectivity index (χ1n) is 5.18. The second-order valence-corrected chi connectivity index (χ2v) is 5.33. The molecule has 0 aliphatic carbocycles. The standard InChI is InChI=1S/C12H11BrN2OS/c13-10-3-1-9(2-4-10)12(16)15-6-5-11-14-7-8-17-11/h1-4,7-8H,5-6H2,(H,15,16). The predicted molar refractivity (Wildman–Crippen MR) is 72.3 cm³/mol. The van der Waals surface area contributed by atoms with Crippen molar-refractivity contribution >= 4 is 33.2 Å². The summed E-state index contributed by atoms with van der Waals surface area (Å²) in [7, 11) is 0. The average molecular weight is 311 g/mol. The molecule has 0 atom stereocenters. The number of nitrogens with one attached hydrogen (secondary N) is 1. The summed E-state index contributed by atoms with van der Waals surface area (Å²) in [6, 6.07) is 7.30. The molecule has 0 bridgehead atoms. The van der Waals surface area contributed by atoms with E-state index in [1.54, 1.807) is 29.7 Å². The quantitative estimate of drug-likeness (QED) is 0.943. The molecule has 0 saturated carbocycles. The van der Waals surface area contributed by atoms with Crippen LogP contribution in [0.4, 0.5) is 0 Å².